The third-order valence-electron chi connectivity index (χ3n) is 1.99. The van der Waals surface area contributed by atoms with Gasteiger partial charge in [-0.15, -0.1) is 0 Å². The number of methoxy groups -OCH3 is 1. The maximum atomic E-state index is 12.5. The standard InChI is InChI=1S/C7H11F2NO/c1-11-6(10)5-2-3-7(8,9)4-5/h5,10H,2-4H2,1H3. The monoisotopic (exact) mass is 163 g/mol. The van der Waals surface area contributed by atoms with Gasteiger partial charge >= 0.3 is 0 Å². The fraction of sp³-hybridized carbons (Fsp3) is 0.857. The molecule has 1 saturated carbocycles. The normalized spacial score (nSPS) is 28.5. The summed E-state index contributed by atoms with van der Waals surface area (Å²) >= 11 is 0. The predicted molar refractivity (Wildman–Crippen MR) is 37.0 cm³/mol. The third kappa shape index (κ3) is 1.88. The first-order chi connectivity index (χ1) is 5.05. The Labute approximate surface area is 64.1 Å². The minimum absolute atomic E-state index is 0.0119. The first kappa shape index (κ1) is 8.43. The molecule has 2 nitrogen and oxygen atoms in total. The quantitative estimate of drug-likeness (QED) is 0.465. The smallest absolute Gasteiger partial charge is 0.248 e. The number of alkyl halides is 2. The molecule has 4 heteroatoms. The molecule has 1 aliphatic carbocycles. The van der Waals surface area contributed by atoms with Crippen LogP contribution >= 0.6 is 0 Å². The van der Waals surface area contributed by atoms with Crippen LogP contribution in [0, 0.1) is 11.3 Å². The van der Waals surface area contributed by atoms with Crippen molar-refractivity contribution < 1.29 is 13.5 Å². The number of rotatable bonds is 1. The third-order valence-corrected chi connectivity index (χ3v) is 1.99. The van der Waals surface area contributed by atoms with Gasteiger partial charge in [0.05, 0.1) is 7.11 Å². The highest BCUT2D eigenvalue weighted by atomic mass is 19.3. The number of halogens is 2. The molecular formula is C7H11F2NO. The molecule has 1 aliphatic rings. The molecule has 0 spiro atoms. The minimum atomic E-state index is -2.57. The molecule has 0 aliphatic heterocycles. The molecule has 0 aromatic heterocycles. The van der Waals surface area contributed by atoms with E-state index in [9.17, 15) is 8.78 Å². The van der Waals surface area contributed by atoms with Crippen molar-refractivity contribution in [3.8, 4) is 0 Å². The molecule has 11 heavy (non-hydrogen) atoms. The van der Waals surface area contributed by atoms with Crippen molar-refractivity contribution in [3.63, 3.8) is 0 Å². The first-order valence-corrected chi connectivity index (χ1v) is 3.55. The summed E-state index contributed by atoms with van der Waals surface area (Å²) < 4.78 is 29.7. The van der Waals surface area contributed by atoms with E-state index in [2.05, 4.69) is 4.74 Å². The van der Waals surface area contributed by atoms with Crippen LogP contribution in [-0.4, -0.2) is 18.9 Å². The van der Waals surface area contributed by atoms with Gasteiger partial charge < -0.3 is 4.74 Å². The molecule has 0 aromatic rings. The van der Waals surface area contributed by atoms with Crippen molar-refractivity contribution in [1.82, 2.24) is 0 Å². The summed E-state index contributed by atoms with van der Waals surface area (Å²) in [6, 6.07) is 0. The first-order valence-electron chi connectivity index (χ1n) is 3.55. The van der Waals surface area contributed by atoms with E-state index in [4.69, 9.17) is 5.41 Å². The highest BCUT2D eigenvalue weighted by Crippen LogP contribution is 2.39. The number of hydrogen-bond donors (Lipinski definition) is 1. The van der Waals surface area contributed by atoms with Gasteiger partial charge in [0.15, 0.2) is 5.90 Å². The largest absolute Gasteiger partial charge is 0.484 e. The molecule has 0 bridgehead atoms. The van der Waals surface area contributed by atoms with Crippen LogP contribution in [-0.2, 0) is 4.74 Å². The van der Waals surface area contributed by atoms with Gasteiger partial charge in [0, 0.05) is 18.8 Å². The van der Waals surface area contributed by atoms with Crippen molar-refractivity contribution in [1.29, 1.82) is 5.41 Å². The van der Waals surface area contributed by atoms with E-state index in [1.807, 2.05) is 0 Å². The summed E-state index contributed by atoms with van der Waals surface area (Å²) in [5, 5.41) is 7.16. The summed E-state index contributed by atoms with van der Waals surface area (Å²) in [7, 11) is 1.35. The van der Waals surface area contributed by atoms with Crippen LogP contribution in [0.5, 0.6) is 0 Å². The molecule has 0 amide bonds. The zero-order valence-corrected chi connectivity index (χ0v) is 6.36. The Morgan fingerprint density at radius 3 is 2.64 bits per heavy atom. The molecule has 1 N–H and O–H groups in total. The lowest BCUT2D eigenvalue weighted by Gasteiger charge is -2.09. The minimum Gasteiger partial charge on any atom is -0.484 e. The summed E-state index contributed by atoms with van der Waals surface area (Å²) in [6.45, 7) is 0. The second-order valence-corrected chi connectivity index (χ2v) is 2.86. The van der Waals surface area contributed by atoms with Crippen molar-refractivity contribution in [2.24, 2.45) is 5.92 Å². The Bertz CT molecular complexity index is 170. The molecule has 0 aromatic carbocycles. The maximum Gasteiger partial charge on any atom is 0.248 e. The van der Waals surface area contributed by atoms with Crippen LogP contribution in [0.1, 0.15) is 19.3 Å². The second kappa shape index (κ2) is 2.75. The zero-order chi connectivity index (χ0) is 8.48. The SMILES string of the molecule is COC(=N)C1CCC(F)(F)C1. The Hall–Kier alpha value is -0.670. The van der Waals surface area contributed by atoms with E-state index in [0.717, 1.165) is 0 Å². The fourth-order valence-corrected chi connectivity index (χ4v) is 1.34. The van der Waals surface area contributed by atoms with E-state index in [-0.39, 0.29) is 24.7 Å². The van der Waals surface area contributed by atoms with Crippen molar-refractivity contribution >= 4 is 5.90 Å². The van der Waals surface area contributed by atoms with Gasteiger partial charge in [0.25, 0.3) is 0 Å². The Balaban J connectivity index is 2.48. The van der Waals surface area contributed by atoms with Gasteiger partial charge in [-0.1, -0.05) is 0 Å². The zero-order valence-electron chi connectivity index (χ0n) is 6.36. The van der Waals surface area contributed by atoms with Gasteiger partial charge in [-0.2, -0.15) is 0 Å². The van der Waals surface area contributed by atoms with Crippen LogP contribution in [0.15, 0.2) is 0 Å². The highest BCUT2D eigenvalue weighted by molar-refractivity contribution is 5.75. The number of ether oxygens (including phenoxy) is 1. The van der Waals surface area contributed by atoms with Crippen LogP contribution in [0.3, 0.4) is 0 Å². The molecule has 1 atom stereocenters. The fourth-order valence-electron chi connectivity index (χ4n) is 1.34. The van der Waals surface area contributed by atoms with Gasteiger partial charge in [0.1, 0.15) is 0 Å². The van der Waals surface area contributed by atoms with Crippen molar-refractivity contribution in [2.75, 3.05) is 7.11 Å². The summed E-state index contributed by atoms with van der Waals surface area (Å²) in [4.78, 5) is 0. The van der Waals surface area contributed by atoms with Crippen LogP contribution in [0.2, 0.25) is 0 Å². The van der Waals surface area contributed by atoms with E-state index < -0.39 is 5.92 Å². The average molecular weight is 163 g/mol. The van der Waals surface area contributed by atoms with Gasteiger partial charge in [-0.3, -0.25) is 5.41 Å². The Morgan fingerprint density at radius 1 is 1.64 bits per heavy atom. The van der Waals surface area contributed by atoms with Gasteiger partial charge in [-0.05, 0) is 6.42 Å². The molecule has 1 rings (SSSR count). The molecular weight excluding hydrogens is 152 g/mol. The predicted octanol–water partition coefficient (Wildman–Crippen LogP) is 2.05. The topological polar surface area (TPSA) is 33.1 Å². The average Bonchev–Trinajstić information content (AvgIpc) is 2.29. The lowest BCUT2D eigenvalue weighted by Crippen LogP contribution is -2.15. The summed E-state index contributed by atoms with van der Waals surface area (Å²) in [6.07, 6.45) is 0.0444. The number of nitrogens with one attached hydrogen (secondary N) is 1. The van der Waals surface area contributed by atoms with Crippen molar-refractivity contribution in [3.05, 3.63) is 0 Å². The van der Waals surface area contributed by atoms with E-state index in [1.54, 1.807) is 0 Å². The highest BCUT2D eigenvalue weighted by Gasteiger charge is 2.41. The van der Waals surface area contributed by atoms with Crippen LogP contribution in [0.25, 0.3) is 0 Å². The molecule has 1 fully saturated rings. The summed E-state index contributed by atoms with van der Waals surface area (Å²) in [5.74, 6) is -2.95. The molecule has 64 valence electrons. The molecule has 0 radical (unpaired) electrons. The lowest BCUT2D eigenvalue weighted by atomic mass is 10.1. The van der Waals surface area contributed by atoms with Crippen LogP contribution < -0.4 is 0 Å². The molecule has 1 unspecified atom stereocenters. The Kier molecular flexibility index (Phi) is 2.11. The second-order valence-electron chi connectivity index (χ2n) is 2.86. The molecule has 0 heterocycles. The summed E-state index contributed by atoms with van der Waals surface area (Å²) in [5.41, 5.74) is 0. The molecule has 0 saturated heterocycles. The van der Waals surface area contributed by atoms with E-state index in [0.29, 0.717) is 6.42 Å². The maximum absolute atomic E-state index is 12.5. The van der Waals surface area contributed by atoms with E-state index in [1.165, 1.54) is 7.11 Å². The number of hydrogen-bond acceptors (Lipinski definition) is 2. The van der Waals surface area contributed by atoms with E-state index >= 15 is 0 Å². The Morgan fingerprint density at radius 2 is 2.27 bits per heavy atom. The van der Waals surface area contributed by atoms with Crippen LogP contribution in [0.4, 0.5) is 8.78 Å². The lowest BCUT2D eigenvalue weighted by molar-refractivity contribution is 0.00669. The van der Waals surface area contributed by atoms with Crippen molar-refractivity contribution in [2.45, 2.75) is 25.2 Å². The van der Waals surface area contributed by atoms with Gasteiger partial charge in [0.2, 0.25) is 5.92 Å². The van der Waals surface area contributed by atoms with Gasteiger partial charge in [-0.25, -0.2) is 8.78 Å².